The number of pyridine rings is 3. The summed E-state index contributed by atoms with van der Waals surface area (Å²) in [7, 11) is 0. The van der Waals surface area contributed by atoms with Crippen molar-refractivity contribution in [2.45, 2.75) is 26.7 Å². The summed E-state index contributed by atoms with van der Waals surface area (Å²) in [5.41, 5.74) is 5.96. The van der Waals surface area contributed by atoms with Crippen molar-refractivity contribution in [2.75, 3.05) is 0 Å². The zero-order chi connectivity index (χ0) is 22.7. The van der Waals surface area contributed by atoms with Crippen LogP contribution in [0.5, 0.6) is 0 Å². The normalized spacial score (nSPS) is 9.29. The van der Waals surface area contributed by atoms with Crippen molar-refractivity contribution in [3.8, 4) is 0 Å². The fourth-order valence-electron chi connectivity index (χ4n) is 2.63. The monoisotopic (exact) mass is 476 g/mol. The Kier molecular flexibility index (Phi) is 12.0. The average molecular weight is 477 g/mol. The summed E-state index contributed by atoms with van der Waals surface area (Å²) in [6.45, 7) is 6.02. The van der Waals surface area contributed by atoms with Crippen molar-refractivity contribution < 1.29 is 27.2 Å². The molecule has 3 aromatic heterocycles. The van der Waals surface area contributed by atoms with Gasteiger partial charge in [-0.15, -0.1) is 0 Å². The first-order valence-electron chi connectivity index (χ1n) is 8.54. The van der Waals surface area contributed by atoms with Crippen molar-refractivity contribution in [1.82, 2.24) is 15.0 Å². The molecule has 0 aromatic carbocycles. The first kappa shape index (κ1) is 27.4. The van der Waals surface area contributed by atoms with E-state index in [-0.39, 0.29) is 23.0 Å². The Morgan fingerprint density at radius 2 is 0.839 bits per heavy atom. The first-order chi connectivity index (χ1) is 14.1. The maximum absolute atomic E-state index is 8.25. The van der Waals surface area contributed by atoms with Gasteiger partial charge >= 0.3 is 17.1 Å². The molecule has 0 saturated heterocycles. The molecular formula is C19H19CuN5O6. The van der Waals surface area contributed by atoms with Crippen molar-refractivity contribution in [1.29, 1.82) is 0 Å². The molecule has 0 atom stereocenters. The molecular weight excluding hydrogens is 458 g/mol. The zero-order valence-corrected chi connectivity index (χ0v) is 17.7. The van der Waals surface area contributed by atoms with Crippen LogP contribution in [-0.2, 0) is 17.1 Å². The van der Waals surface area contributed by atoms with Gasteiger partial charge in [0.2, 0.25) is 0 Å². The minimum absolute atomic E-state index is 0. The number of hydrogen-bond acceptors (Lipinski definition) is 9. The Bertz CT molecular complexity index is 877. The van der Waals surface area contributed by atoms with Crippen molar-refractivity contribution in [3.63, 3.8) is 0 Å². The van der Waals surface area contributed by atoms with E-state index in [1.807, 2.05) is 75.4 Å². The van der Waals surface area contributed by atoms with Gasteiger partial charge < -0.3 is 30.6 Å². The standard InChI is InChI=1S/C19H19N3.Cu.2NO3/c1-13-7-4-10-16(20-13)19(17-11-5-8-14(2)21-17)18-12-6-9-15(3)22-18;;2*2-1(3)4/h4-12,19H,1-3H3;;;/q;+2;2*-1. The van der Waals surface area contributed by atoms with Crippen LogP contribution < -0.4 is 0 Å². The van der Waals surface area contributed by atoms with E-state index in [1.54, 1.807) is 0 Å². The van der Waals surface area contributed by atoms with Gasteiger partial charge in [-0.25, -0.2) is 0 Å². The number of nitrogens with zero attached hydrogens (tertiary/aromatic N) is 5. The quantitative estimate of drug-likeness (QED) is 0.311. The summed E-state index contributed by atoms with van der Waals surface area (Å²) in [6.07, 6.45) is 0. The number of rotatable bonds is 3. The number of hydrogen-bond donors (Lipinski definition) is 0. The molecule has 3 heterocycles. The van der Waals surface area contributed by atoms with Crippen molar-refractivity contribution in [3.05, 3.63) is 119 Å². The van der Waals surface area contributed by atoms with Gasteiger partial charge in [0.05, 0.1) is 33.2 Å². The molecule has 0 N–H and O–H groups in total. The van der Waals surface area contributed by atoms with Crippen molar-refractivity contribution >= 4 is 0 Å². The SMILES string of the molecule is Cc1cccc(C(c2cccc(C)n2)c2cccc(C)n2)n1.O=[N+]([O-])[O-].O=[N+]([O-])[O-].[Cu+2]. The zero-order valence-electron chi connectivity index (χ0n) is 16.8. The minimum Gasteiger partial charge on any atom is -0.356 e. The molecule has 0 aliphatic rings. The predicted octanol–water partition coefficient (Wildman–Crippen LogP) is 3.50. The molecule has 0 aliphatic heterocycles. The van der Waals surface area contributed by atoms with Crippen LogP contribution in [0.2, 0.25) is 0 Å². The molecule has 31 heavy (non-hydrogen) atoms. The van der Waals surface area contributed by atoms with Gasteiger partial charge in [0.15, 0.2) is 0 Å². The smallest absolute Gasteiger partial charge is 0.356 e. The fourth-order valence-corrected chi connectivity index (χ4v) is 2.63. The fraction of sp³-hybridized carbons (Fsp3) is 0.211. The van der Waals surface area contributed by atoms with Gasteiger partial charge in [-0.05, 0) is 57.2 Å². The summed E-state index contributed by atoms with van der Waals surface area (Å²) < 4.78 is 0. The average Bonchev–Trinajstić information content (AvgIpc) is 2.61. The molecule has 167 valence electrons. The molecule has 0 aliphatic carbocycles. The molecule has 0 saturated carbocycles. The first-order valence-corrected chi connectivity index (χ1v) is 8.54. The summed E-state index contributed by atoms with van der Waals surface area (Å²) in [5, 5.41) is 29.5. The summed E-state index contributed by atoms with van der Waals surface area (Å²) >= 11 is 0. The van der Waals surface area contributed by atoms with Crippen molar-refractivity contribution in [2.24, 2.45) is 0 Å². The van der Waals surface area contributed by atoms with E-state index in [2.05, 4.69) is 0 Å². The van der Waals surface area contributed by atoms with E-state index in [0.717, 1.165) is 34.2 Å². The maximum atomic E-state index is 8.25. The topological polar surface area (TPSA) is 171 Å². The third kappa shape index (κ3) is 10.6. The molecule has 0 bridgehead atoms. The molecule has 0 fully saturated rings. The van der Waals surface area contributed by atoms with E-state index >= 15 is 0 Å². The van der Waals surface area contributed by atoms with Gasteiger partial charge in [-0.3, -0.25) is 15.0 Å². The Labute approximate surface area is 188 Å². The van der Waals surface area contributed by atoms with E-state index in [9.17, 15) is 0 Å². The van der Waals surface area contributed by atoms with Crippen LogP contribution >= 0.6 is 0 Å². The maximum Gasteiger partial charge on any atom is 2.00 e. The molecule has 11 nitrogen and oxygen atoms in total. The van der Waals surface area contributed by atoms with E-state index < -0.39 is 10.2 Å². The van der Waals surface area contributed by atoms with Gasteiger partial charge in [0, 0.05) is 17.1 Å². The van der Waals surface area contributed by atoms with Gasteiger partial charge in [-0.1, -0.05) is 18.2 Å². The Hall–Kier alpha value is -3.63. The van der Waals surface area contributed by atoms with Crippen LogP contribution in [0, 0.1) is 51.4 Å². The Morgan fingerprint density at radius 3 is 1.03 bits per heavy atom. The summed E-state index contributed by atoms with van der Waals surface area (Å²) in [6, 6.07) is 18.3. The Morgan fingerprint density at radius 1 is 0.613 bits per heavy atom. The van der Waals surface area contributed by atoms with E-state index in [0.29, 0.717) is 0 Å². The van der Waals surface area contributed by atoms with Crippen LogP contribution in [0.15, 0.2) is 54.6 Å². The molecule has 1 radical (unpaired) electrons. The molecule has 3 rings (SSSR count). The molecule has 0 amide bonds. The molecule has 0 unspecified atom stereocenters. The Balaban J connectivity index is 0.000000867. The second-order valence-corrected chi connectivity index (χ2v) is 5.99. The number of aromatic nitrogens is 3. The second kappa shape index (κ2) is 13.6. The second-order valence-electron chi connectivity index (χ2n) is 5.99. The van der Waals surface area contributed by atoms with Crippen LogP contribution in [0.4, 0.5) is 0 Å². The van der Waals surface area contributed by atoms with Crippen LogP contribution in [-0.4, -0.2) is 25.1 Å². The number of aryl methyl sites for hydroxylation is 3. The molecule has 12 heteroatoms. The molecule has 3 aromatic rings. The third-order valence-electron chi connectivity index (χ3n) is 3.62. The van der Waals surface area contributed by atoms with Gasteiger partial charge in [0.1, 0.15) is 0 Å². The van der Waals surface area contributed by atoms with Crippen LogP contribution in [0.25, 0.3) is 0 Å². The minimum atomic E-state index is -1.75. The van der Waals surface area contributed by atoms with Crippen LogP contribution in [0.3, 0.4) is 0 Å². The van der Waals surface area contributed by atoms with E-state index in [4.69, 9.17) is 45.6 Å². The third-order valence-corrected chi connectivity index (χ3v) is 3.62. The summed E-state index contributed by atoms with van der Waals surface area (Å²) in [4.78, 5) is 30.6. The largest absolute Gasteiger partial charge is 2.00 e. The predicted molar refractivity (Wildman–Crippen MR) is 109 cm³/mol. The molecule has 0 spiro atoms. The summed E-state index contributed by atoms with van der Waals surface area (Å²) in [5.74, 6) is -0.0419. The van der Waals surface area contributed by atoms with Gasteiger partial charge in [-0.2, -0.15) is 0 Å². The van der Waals surface area contributed by atoms with Crippen LogP contribution in [0.1, 0.15) is 40.1 Å². The van der Waals surface area contributed by atoms with Gasteiger partial charge in [0.25, 0.3) is 0 Å². The van der Waals surface area contributed by atoms with E-state index in [1.165, 1.54) is 0 Å².